The zero-order valence-electron chi connectivity index (χ0n) is 11.6. The molecule has 4 heterocycles. The second-order valence-corrected chi connectivity index (χ2v) is 4.73. The third kappa shape index (κ3) is 1.74. The van der Waals surface area contributed by atoms with Crippen molar-refractivity contribution in [2.75, 3.05) is 12.4 Å². The Morgan fingerprint density at radius 3 is 2.76 bits per heavy atom. The fourth-order valence-corrected chi connectivity index (χ4v) is 2.48. The van der Waals surface area contributed by atoms with Gasteiger partial charge in [-0.3, -0.25) is 0 Å². The molecule has 0 aliphatic carbocycles. The molecule has 0 atom stereocenters. The molecule has 0 amide bonds. The molecule has 7 nitrogen and oxygen atoms in total. The van der Waals surface area contributed by atoms with Crippen LogP contribution in [-0.2, 0) is 0 Å². The van der Waals surface area contributed by atoms with Crippen LogP contribution in [0.5, 0.6) is 0 Å². The fourth-order valence-electron chi connectivity index (χ4n) is 2.48. The second-order valence-electron chi connectivity index (χ2n) is 4.73. The number of fused-ring (bicyclic) bond motifs is 2. The molecule has 0 aliphatic heterocycles. The Labute approximate surface area is 120 Å². The Bertz CT molecular complexity index is 950. The number of nitrogens with one attached hydrogen (secondary N) is 1. The normalized spacial score (nSPS) is 11.3. The van der Waals surface area contributed by atoms with Crippen molar-refractivity contribution in [1.82, 2.24) is 29.2 Å². The molecule has 4 aromatic rings. The quantitative estimate of drug-likeness (QED) is 0.605. The number of nitrogens with zero attached hydrogens (tertiary/aromatic N) is 6. The first-order chi connectivity index (χ1) is 10.3. The standard InChI is InChI=1S/C14H13N7/c1-9-17-14(15-2)13-10(4-7-21(13)19-9)11-5-8-20-12(18-11)3-6-16-20/h3-8H,1-2H3,(H,15,17,19). The van der Waals surface area contributed by atoms with Crippen LogP contribution in [0, 0.1) is 6.92 Å². The lowest BCUT2D eigenvalue weighted by Gasteiger charge is -2.06. The minimum atomic E-state index is 0.716. The first-order valence-corrected chi connectivity index (χ1v) is 6.61. The average molecular weight is 279 g/mol. The molecule has 0 saturated carbocycles. The summed E-state index contributed by atoms with van der Waals surface area (Å²) in [7, 11) is 1.85. The largest absolute Gasteiger partial charge is 0.371 e. The van der Waals surface area contributed by atoms with E-state index in [4.69, 9.17) is 0 Å². The highest BCUT2D eigenvalue weighted by atomic mass is 15.3. The van der Waals surface area contributed by atoms with Crippen molar-refractivity contribution in [2.45, 2.75) is 6.92 Å². The molecule has 1 N–H and O–H groups in total. The highest BCUT2D eigenvalue weighted by Gasteiger charge is 2.13. The number of aromatic nitrogens is 6. The van der Waals surface area contributed by atoms with Crippen molar-refractivity contribution in [3.8, 4) is 11.3 Å². The van der Waals surface area contributed by atoms with Gasteiger partial charge in [-0.2, -0.15) is 10.2 Å². The molecule has 0 aliphatic rings. The molecule has 0 fully saturated rings. The molecule has 4 aromatic heterocycles. The minimum Gasteiger partial charge on any atom is -0.371 e. The van der Waals surface area contributed by atoms with Crippen LogP contribution in [0.3, 0.4) is 0 Å². The summed E-state index contributed by atoms with van der Waals surface area (Å²) in [6, 6.07) is 5.82. The Hall–Kier alpha value is -2.96. The van der Waals surface area contributed by atoms with Crippen LogP contribution in [-0.4, -0.2) is 36.2 Å². The van der Waals surface area contributed by atoms with E-state index in [1.54, 1.807) is 10.7 Å². The van der Waals surface area contributed by atoms with Gasteiger partial charge in [0.1, 0.15) is 11.3 Å². The molecule has 0 unspecified atom stereocenters. The van der Waals surface area contributed by atoms with Crippen LogP contribution in [0.4, 0.5) is 5.82 Å². The highest BCUT2D eigenvalue weighted by Crippen LogP contribution is 2.28. The second kappa shape index (κ2) is 4.27. The van der Waals surface area contributed by atoms with Crippen molar-refractivity contribution in [3.05, 3.63) is 42.6 Å². The molecule has 0 saturated heterocycles. The van der Waals surface area contributed by atoms with Crippen LogP contribution in [0.25, 0.3) is 22.4 Å². The first-order valence-electron chi connectivity index (χ1n) is 6.61. The number of anilines is 1. The minimum absolute atomic E-state index is 0.716. The molecule has 4 rings (SSSR count). The van der Waals surface area contributed by atoms with Crippen molar-refractivity contribution in [3.63, 3.8) is 0 Å². The van der Waals surface area contributed by atoms with Crippen molar-refractivity contribution < 1.29 is 0 Å². The molecule has 0 aromatic carbocycles. The van der Waals surface area contributed by atoms with E-state index in [1.165, 1.54) is 0 Å². The fraction of sp³-hybridized carbons (Fsp3) is 0.143. The Kier molecular flexibility index (Phi) is 2.41. The van der Waals surface area contributed by atoms with Gasteiger partial charge in [-0.05, 0) is 19.1 Å². The number of rotatable bonds is 2. The van der Waals surface area contributed by atoms with Crippen LogP contribution < -0.4 is 5.32 Å². The van der Waals surface area contributed by atoms with E-state index < -0.39 is 0 Å². The molecule has 0 spiro atoms. The molecule has 0 radical (unpaired) electrons. The van der Waals surface area contributed by atoms with Gasteiger partial charge in [0, 0.05) is 31.1 Å². The monoisotopic (exact) mass is 279 g/mol. The predicted molar refractivity (Wildman–Crippen MR) is 79.3 cm³/mol. The van der Waals surface area contributed by atoms with Gasteiger partial charge < -0.3 is 5.32 Å². The number of aryl methyl sites for hydroxylation is 1. The lowest BCUT2D eigenvalue weighted by molar-refractivity contribution is 0.859. The van der Waals surface area contributed by atoms with Crippen LogP contribution >= 0.6 is 0 Å². The van der Waals surface area contributed by atoms with Gasteiger partial charge in [0.25, 0.3) is 0 Å². The van der Waals surface area contributed by atoms with E-state index in [2.05, 4.69) is 25.5 Å². The van der Waals surface area contributed by atoms with Crippen molar-refractivity contribution in [2.24, 2.45) is 0 Å². The molecule has 104 valence electrons. The Morgan fingerprint density at radius 1 is 1.05 bits per heavy atom. The van der Waals surface area contributed by atoms with Crippen LogP contribution in [0.15, 0.2) is 36.8 Å². The van der Waals surface area contributed by atoms with Gasteiger partial charge in [0.15, 0.2) is 11.5 Å². The van der Waals surface area contributed by atoms with E-state index in [9.17, 15) is 0 Å². The van der Waals surface area contributed by atoms with Crippen LogP contribution in [0.1, 0.15) is 5.82 Å². The summed E-state index contributed by atoms with van der Waals surface area (Å²) in [5.41, 5.74) is 3.59. The van der Waals surface area contributed by atoms with Gasteiger partial charge in [-0.15, -0.1) is 0 Å². The van der Waals surface area contributed by atoms with Gasteiger partial charge in [0.2, 0.25) is 0 Å². The summed E-state index contributed by atoms with van der Waals surface area (Å²) < 4.78 is 3.56. The number of hydrogen-bond acceptors (Lipinski definition) is 5. The summed E-state index contributed by atoms with van der Waals surface area (Å²) in [6.45, 7) is 1.87. The van der Waals surface area contributed by atoms with Crippen molar-refractivity contribution >= 4 is 17.0 Å². The lowest BCUT2D eigenvalue weighted by atomic mass is 10.2. The van der Waals surface area contributed by atoms with E-state index in [0.717, 1.165) is 28.2 Å². The topological polar surface area (TPSA) is 72.4 Å². The molecular formula is C14H13N7. The average Bonchev–Trinajstić information content (AvgIpc) is 3.11. The van der Waals surface area contributed by atoms with Gasteiger partial charge >= 0.3 is 0 Å². The summed E-state index contributed by atoms with van der Waals surface area (Å²) in [5.74, 6) is 1.51. The Balaban J connectivity index is 2.01. The number of hydrogen-bond donors (Lipinski definition) is 1. The predicted octanol–water partition coefficient (Wildman–Crippen LogP) is 1.79. The maximum atomic E-state index is 4.63. The van der Waals surface area contributed by atoms with E-state index in [0.29, 0.717) is 5.82 Å². The zero-order valence-corrected chi connectivity index (χ0v) is 11.6. The summed E-state index contributed by atoms with van der Waals surface area (Å²) in [6.07, 6.45) is 5.55. The van der Waals surface area contributed by atoms with E-state index in [-0.39, 0.29) is 0 Å². The highest BCUT2D eigenvalue weighted by molar-refractivity contribution is 5.87. The lowest BCUT2D eigenvalue weighted by Crippen LogP contribution is -2.03. The first kappa shape index (κ1) is 11.8. The van der Waals surface area contributed by atoms with E-state index in [1.807, 2.05) is 49.1 Å². The third-order valence-corrected chi connectivity index (χ3v) is 3.39. The third-order valence-electron chi connectivity index (χ3n) is 3.39. The maximum absolute atomic E-state index is 4.63. The maximum Gasteiger partial charge on any atom is 0.155 e. The summed E-state index contributed by atoms with van der Waals surface area (Å²) >= 11 is 0. The van der Waals surface area contributed by atoms with Gasteiger partial charge in [-0.25, -0.2) is 19.0 Å². The van der Waals surface area contributed by atoms with E-state index >= 15 is 0 Å². The molecule has 21 heavy (non-hydrogen) atoms. The molecule has 0 bridgehead atoms. The summed E-state index contributed by atoms with van der Waals surface area (Å²) in [4.78, 5) is 9.07. The van der Waals surface area contributed by atoms with Gasteiger partial charge in [0.05, 0.1) is 11.9 Å². The smallest absolute Gasteiger partial charge is 0.155 e. The SMILES string of the molecule is CNc1nc(C)nn2ccc(-c3ccn4nccc4n3)c12. The zero-order chi connectivity index (χ0) is 14.4. The molecular weight excluding hydrogens is 266 g/mol. The van der Waals surface area contributed by atoms with Crippen LogP contribution in [0.2, 0.25) is 0 Å². The Morgan fingerprint density at radius 2 is 1.90 bits per heavy atom. The summed E-state index contributed by atoms with van der Waals surface area (Å²) in [5, 5.41) is 11.7. The van der Waals surface area contributed by atoms with Crippen molar-refractivity contribution in [1.29, 1.82) is 0 Å². The van der Waals surface area contributed by atoms with Gasteiger partial charge in [-0.1, -0.05) is 0 Å². The molecule has 7 heteroatoms.